The fourth-order valence-electron chi connectivity index (χ4n) is 3.09. The summed E-state index contributed by atoms with van der Waals surface area (Å²) in [5, 5.41) is 5.34. The van der Waals surface area contributed by atoms with E-state index in [9.17, 15) is 9.18 Å². The van der Waals surface area contributed by atoms with Crippen LogP contribution in [0.4, 0.5) is 26.6 Å². The number of halogens is 1. The van der Waals surface area contributed by atoms with Gasteiger partial charge in [-0.25, -0.2) is 9.37 Å². The molecule has 4 rings (SSSR count). The summed E-state index contributed by atoms with van der Waals surface area (Å²) in [6, 6.07) is 13.8. The Balaban J connectivity index is 1.73. The summed E-state index contributed by atoms with van der Waals surface area (Å²) >= 11 is 1.49. The highest BCUT2D eigenvalue weighted by Gasteiger charge is 2.19. The lowest BCUT2D eigenvalue weighted by Crippen LogP contribution is -2.16. The predicted molar refractivity (Wildman–Crippen MR) is 118 cm³/mol. The number of carbonyl (C=O) groups excluding carboxylic acids is 1. The first-order valence-electron chi connectivity index (χ1n) is 9.31. The smallest absolute Gasteiger partial charge is 0.255 e. The molecule has 4 aromatic rings. The Morgan fingerprint density at radius 3 is 2.57 bits per heavy atom. The molecule has 1 N–H and O–H groups in total. The number of aryl methyl sites for hydroxylation is 2. The SMILES string of the molecule is Cc1ccc(F)c(NC(=O)c2ccc(C)c(N(c3ccncc3)c3nccs3)c2)c1. The third-order valence-corrected chi connectivity index (χ3v) is 5.37. The first-order valence-corrected chi connectivity index (χ1v) is 10.2. The Morgan fingerprint density at radius 1 is 1.03 bits per heavy atom. The van der Waals surface area contributed by atoms with Crippen LogP contribution >= 0.6 is 11.3 Å². The first-order chi connectivity index (χ1) is 14.5. The van der Waals surface area contributed by atoms with Gasteiger partial charge in [-0.3, -0.25) is 14.7 Å². The topological polar surface area (TPSA) is 58.1 Å². The molecule has 5 nitrogen and oxygen atoms in total. The van der Waals surface area contributed by atoms with E-state index in [0.717, 1.165) is 27.6 Å². The number of amides is 1. The van der Waals surface area contributed by atoms with Gasteiger partial charge in [0.2, 0.25) is 0 Å². The van der Waals surface area contributed by atoms with Gasteiger partial charge in [-0.1, -0.05) is 12.1 Å². The average molecular weight is 418 g/mol. The molecule has 0 bridgehead atoms. The van der Waals surface area contributed by atoms with Crippen molar-refractivity contribution in [3.8, 4) is 0 Å². The van der Waals surface area contributed by atoms with Crippen LogP contribution in [0.2, 0.25) is 0 Å². The van der Waals surface area contributed by atoms with Crippen LogP contribution in [0.3, 0.4) is 0 Å². The summed E-state index contributed by atoms with van der Waals surface area (Å²) in [4.78, 5) is 23.4. The van der Waals surface area contributed by atoms with Crippen LogP contribution in [0.5, 0.6) is 0 Å². The van der Waals surface area contributed by atoms with E-state index in [1.807, 2.05) is 42.3 Å². The largest absolute Gasteiger partial charge is 0.319 e. The number of aromatic nitrogens is 2. The number of hydrogen-bond donors (Lipinski definition) is 1. The van der Waals surface area contributed by atoms with Gasteiger partial charge in [0.15, 0.2) is 5.13 Å². The van der Waals surface area contributed by atoms with Crippen molar-refractivity contribution in [3.05, 3.63) is 95.0 Å². The van der Waals surface area contributed by atoms with Crippen LogP contribution in [-0.4, -0.2) is 15.9 Å². The minimum Gasteiger partial charge on any atom is -0.319 e. The summed E-state index contributed by atoms with van der Waals surface area (Å²) in [7, 11) is 0. The number of anilines is 4. The van der Waals surface area contributed by atoms with Crippen LogP contribution in [0.25, 0.3) is 0 Å². The number of carbonyl (C=O) groups is 1. The molecule has 0 fully saturated rings. The minimum atomic E-state index is -0.470. The monoisotopic (exact) mass is 418 g/mol. The fraction of sp³-hybridized carbons (Fsp3) is 0.0870. The van der Waals surface area contributed by atoms with Gasteiger partial charge in [0.05, 0.1) is 17.1 Å². The molecule has 2 heterocycles. The van der Waals surface area contributed by atoms with E-state index in [1.165, 1.54) is 17.4 Å². The predicted octanol–water partition coefficient (Wildman–Crippen LogP) is 6.02. The molecule has 7 heteroatoms. The Morgan fingerprint density at radius 2 is 1.83 bits per heavy atom. The van der Waals surface area contributed by atoms with E-state index >= 15 is 0 Å². The number of nitrogens with one attached hydrogen (secondary N) is 1. The maximum Gasteiger partial charge on any atom is 0.255 e. The third kappa shape index (κ3) is 4.06. The van der Waals surface area contributed by atoms with Crippen molar-refractivity contribution < 1.29 is 9.18 Å². The lowest BCUT2D eigenvalue weighted by molar-refractivity contribution is 0.102. The second kappa shape index (κ2) is 8.42. The Bertz CT molecular complexity index is 1180. The van der Waals surface area contributed by atoms with Crippen LogP contribution in [0, 0.1) is 19.7 Å². The lowest BCUT2D eigenvalue weighted by atomic mass is 10.1. The molecule has 30 heavy (non-hydrogen) atoms. The fourth-order valence-corrected chi connectivity index (χ4v) is 3.77. The van der Waals surface area contributed by atoms with Gasteiger partial charge < -0.3 is 5.32 Å². The van der Waals surface area contributed by atoms with Crippen molar-refractivity contribution in [2.75, 3.05) is 10.2 Å². The maximum atomic E-state index is 14.1. The zero-order valence-corrected chi connectivity index (χ0v) is 17.3. The van der Waals surface area contributed by atoms with Crippen LogP contribution < -0.4 is 10.2 Å². The molecule has 0 radical (unpaired) electrons. The number of nitrogens with zero attached hydrogens (tertiary/aromatic N) is 3. The zero-order valence-electron chi connectivity index (χ0n) is 16.5. The molecule has 0 saturated carbocycles. The van der Waals surface area contributed by atoms with Crippen molar-refractivity contribution in [2.45, 2.75) is 13.8 Å². The highest BCUT2D eigenvalue weighted by molar-refractivity contribution is 7.13. The van der Waals surface area contributed by atoms with Crippen molar-refractivity contribution in [1.29, 1.82) is 0 Å². The molecular formula is C23H19FN4OS. The van der Waals surface area contributed by atoms with Crippen molar-refractivity contribution in [1.82, 2.24) is 9.97 Å². The van der Waals surface area contributed by atoms with Crippen LogP contribution in [0.15, 0.2) is 72.5 Å². The molecule has 0 saturated heterocycles. The van der Waals surface area contributed by atoms with Gasteiger partial charge in [-0.15, -0.1) is 11.3 Å². The highest BCUT2D eigenvalue weighted by atomic mass is 32.1. The summed E-state index contributed by atoms with van der Waals surface area (Å²) in [6.45, 7) is 3.82. The van der Waals surface area contributed by atoms with E-state index in [-0.39, 0.29) is 11.6 Å². The minimum absolute atomic E-state index is 0.160. The van der Waals surface area contributed by atoms with E-state index in [1.54, 1.807) is 42.9 Å². The molecule has 0 unspecified atom stereocenters. The molecule has 0 aliphatic heterocycles. The molecule has 0 atom stereocenters. The number of hydrogen-bond acceptors (Lipinski definition) is 5. The zero-order chi connectivity index (χ0) is 21.1. The van der Waals surface area contributed by atoms with Gasteiger partial charge in [0.25, 0.3) is 5.91 Å². The Kier molecular flexibility index (Phi) is 5.54. The molecule has 2 aromatic heterocycles. The highest BCUT2D eigenvalue weighted by Crippen LogP contribution is 2.37. The van der Waals surface area contributed by atoms with Gasteiger partial charge in [-0.05, 0) is 61.4 Å². The first kappa shape index (κ1) is 19.7. The molecular weight excluding hydrogens is 399 g/mol. The molecule has 0 spiro atoms. The second-order valence-electron chi connectivity index (χ2n) is 6.79. The quantitative estimate of drug-likeness (QED) is 0.431. The van der Waals surface area contributed by atoms with E-state index in [4.69, 9.17) is 0 Å². The summed E-state index contributed by atoms with van der Waals surface area (Å²) in [5.74, 6) is -0.850. The number of benzene rings is 2. The molecule has 1 amide bonds. The Labute approximate surface area is 177 Å². The van der Waals surface area contributed by atoms with Gasteiger partial charge in [-0.2, -0.15) is 0 Å². The number of thiazole rings is 1. The van der Waals surface area contributed by atoms with Gasteiger partial charge >= 0.3 is 0 Å². The van der Waals surface area contributed by atoms with Crippen molar-refractivity contribution in [2.24, 2.45) is 0 Å². The number of pyridine rings is 1. The average Bonchev–Trinajstić information content (AvgIpc) is 3.27. The van der Waals surface area contributed by atoms with Crippen LogP contribution in [-0.2, 0) is 0 Å². The second-order valence-corrected chi connectivity index (χ2v) is 7.67. The maximum absolute atomic E-state index is 14.1. The summed E-state index contributed by atoms with van der Waals surface area (Å²) in [5.41, 5.74) is 4.11. The molecule has 0 aliphatic rings. The summed E-state index contributed by atoms with van der Waals surface area (Å²) in [6.07, 6.45) is 5.16. The lowest BCUT2D eigenvalue weighted by Gasteiger charge is -2.24. The molecule has 2 aromatic carbocycles. The van der Waals surface area contributed by atoms with Crippen LogP contribution in [0.1, 0.15) is 21.5 Å². The number of rotatable bonds is 5. The van der Waals surface area contributed by atoms with E-state index in [2.05, 4.69) is 15.3 Å². The van der Waals surface area contributed by atoms with Gasteiger partial charge in [0, 0.05) is 29.5 Å². The molecule has 150 valence electrons. The van der Waals surface area contributed by atoms with E-state index in [0.29, 0.717) is 5.56 Å². The third-order valence-electron chi connectivity index (χ3n) is 4.61. The van der Waals surface area contributed by atoms with E-state index < -0.39 is 5.82 Å². The normalized spacial score (nSPS) is 10.6. The Hall–Kier alpha value is -3.58. The van der Waals surface area contributed by atoms with Gasteiger partial charge in [0.1, 0.15) is 5.82 Å². The standard InChI is InChI=1S/C23H19FN4OS/c1-15-3-6-19(24)20(13-15)27-22(29)17-5-4-16(2)21(14-17)28(23-26-11-12-30-23)18-7-9-25-10-8-18/h3-14H,1-2H3,(H,27,29). The van der Waals surface area contributed by atoms with Crippen molar-refractivity contribution >= 4 is 39.4 Å². The molecule has 0 aliphatic carbocycles. The summed E-state index contributed by atoms with van der Waals surface area (Å²) < 4.78 is 14.1. The van der Waals surface area contributed by atoms with Crippen molar-refractivity contribution in [3.63, 3.8) is 0 Å².